The van der Waals surface area contributed by atoms with Crippen molar-refractivity contribution in [1.82, 2.24) is 9.80 Å². The molecule has 8 nitrogen and oxygen atoms in total. The van der Waals surface area contributed by atoms with Crippen molar-refractivity contribution in [2.45, 2.75) is 64.7 Å². The van der Waals surface area contributed by atoms with Crippen molar-refractivity contribution in [3.05, 3.63) is 104 Å². The number of phenols is 4. The summed E-state index contributed by atoms with van der Waals surface area (Å²) < 4.78 is 10.5. The van der Waals surface area contributed by atoms with Crippen LogP contribution in [0, 0.1) is 13.8 Å². The summed E-state index contributed by atoms with van der Waals surface area (Å²) >= 11 is 0. The lowest BCUT2D eigenvalue weighted by Crippen LogP contribution is -2.39. The van der Waals surface area contributed by atoms with Crippen LogP contribution in [0.4, 0.5) is 0 Å². The zero-order chi connectivity index (χ0) is 32.3. The fourth-order valence-electron chi connectivity index (χ4n) is 7.85. The smallest absolute Gasteiger partial charge is 0.160 e. The molecule has 2 atom stereocenters. The van der Waals surface area contributed by atoms with Gasteiger partial charge in [0.05, 0.1) is 14.2 Å². The number of aromatic hydroxyl groups is 4. The van der Waals surface area contributed by atoms with Gasteiger partial charge in [-0.1, -0.05) is 12.1 Å². The highest BCUT2D eigenvalue weighted by Crippen LogP contribution is 2.44. The van der Waals surface area contributed by atoms with E-state index in [1.165, 1.54) is 44.5 Å². The molecular weight excluding hydrogens is 616 g/mol. The molecule has 4 heterocycles. The number of hydrogen-bond donors (Lipinski definition) is 4. The van der Waals surface area contributed by atoms with Gasteiger partial charge in [0.15, 0.2) is 23.0 Å². The summed E-state index contributed by atoms with van der Waals surface area (Å²) in [6.07, 6.45) is 3.76. The number of ether oxygens (including phenoxy) is 2. The molecule has 4 aromatic rings. The number of rotatable bonds is 2. The monoisotopic (exact) mass is 658 g/mol. The molecular formula is C38H43ClN2O6. The van der Waals surface area contributed by atoms with Crippen molar-refractivity contribution in [3.8, 4) is 34.5 Å². The third-order valence-corrected chi connectivity index (χ3v) is 10.4. The Balaban J connectivity index is 0.000000161. The van der Waals surface area contributed by atoms with Gasteiger partial charge in [0.2, 0.25) is 0 Å². The van der Waals surface area contributed by atoms with E-state index in [0.717, 1.165) is 63.0 Å². The second-order valence-electron chi connectivity index (χ2n) is 13.1. The molecule has 0 spiro atoms. The highest BCUT2D eigenvalue weighted by atomic mass is 35.5. The van der Waals surface area contributed by atoms with Crippen LogP contribution in [0.5, 0.6) is 34.5 Å². The van der Waals surface area contributed by atoms with E-state index in [9.17, 15) is 20.4 Å². The van der Waals surface area contributed by atoms with Gasteiger partial charge in [-0.25, -0.2) is 0 Å². The summed E-state index contributed by atoms with van der Waals surface area (Å²) in [5.41, 5.74) is 11.8. The first-order valence-electron chi connectivity index (χ1n) is 16.0. The van der Waals surface area contributed by atoms with Crippen molar-refractivity contribution in [1.29, 1.82) is 0 Å². The van der Waals surface area contributed by atoms with Gasteiger partial charge in [0, 0.05) is 38.3 Å². The lowest BCUT2D eigenvalue weighted by Gasteiger charge is -2.41. The van der Waals surface area contributed by atoms with Gasteiger partial charge in [-0.15, -0.1) is 12.4 Å². The van der Waals surface area contributed by atoms with E-state index in [0.29, 0.717) is 23.0 Å². The Morgan fingerprint density at radius 3 is 1.32 bits per heavy atom. The molecule has 0 fully saturated rings. The number of hydrogen-bond acceptors (Lipinski definition) is 8. The molecule has 4 N–H and O–H groups in total. The number of halogens is 1. The maximum atomic E-state index is 10.1. The molecule has 8 rings (SSSR count). The van der Waals surface area contributed by atoms with Crippen molar-refractivity contribution in [2.75, 3.05) is 27.3 Å². The van der Waals surface area contributed by atoms with Crippen molar-refractivity contribution < 1.29 is 29.9 Å². The Morgan fingerprint density at radius 2 is 0.936 bits per heavy atom. The molecule has 0 saturated heterocycles. The van der Waals surface area contributed by atoms with Gasteiger partial charge in [0.25, 0.3) is 0 Å². The minimum atomic E-state index is 0. The molecule has 0 aliphatic carbocycles. The van der Waals surface area contributed by atoms with E-state index in [4.69, 9.17) is 9.47 Å². The van der Waals surface area contributed by atoms with Crippen molar-refractivity contribution in [3.63, 3.8) is 0 Å². The molecule has 248 valence electrons. The quantitative estimate of drug-likeness (QED) is 0.192. The molecule has 0 bridgehead atoms. The van der Waals surface area contributed by atoms with E-state index >= 15 is 0 Å². The van der Waals surface area contributed by atoms with E-state index in [-0.39, 0.29) is 36.0 Å². The number of nitrogens with zero attached hydrogens (tertiary/aromatic N) is 2. The van der Waals surface area contributed by atoms with Crippen LogP contribution in [0.1, 0.15) is 67.7 Å². The second kappa shape index (κ2) is 12.8. The highest BCUT2D eigenvalue weighted by Gasteiger charge is 2.34. The first-order chi connectivity index (χ1) is 22.1. The van der Waals surface area contributed by atoms with Crippen LogP contribution in [0.3, 0.4) is 0 Å². The van der Waals surface area contributed by atoms with Crippen LogP contribution in [-0.2, 0) is 38.8 Å². The molecule has 4 aromatic carbocycles. The van der Waals surface area contributed by atoms with Gasteiger partial charge in [-0.05, 0) is 132 Å². The van der Waals surface area contributed by atoms with Crippen molar-refractivity contribution >= 4 is 12.4 Å². The third kappa shape index (κ3) is 5.94. The molecule has 0 saturated carbocycles. The number of phenolic OH excluding ortho intramolecular Hbond substituents is 4. The fourth-order valence-corrected chi connectivity index (χ4v) is 7.85. The van der Waals surface area contributed by atoms with E-state index < -0.39 is 0 Å². The van der Waals surface area contributed by atoms with Gasteiger partial charge in [0.1, 0.15) is 11.5 Å². The number of methoxy groups -OCH3 is 2. The topological polar surface area (TPSA) is 106 Å². The predicted molar refractivity (Wildman–Crippen MR) is 183 cm³/mol. The highest BCUT2D eigenvalue weighted by molar-refractivity contribution is 5.85. The number of fused-ring (bicyclic) bond motifs is 8. The normalized spacial score (nSPS) is 19.2. The van der Waals surface area contributed by atoms with Crippen LogP contribution < -0.4 is 9.47 Å². The maximum absolute atomic E-state index is 10.1. The van der Waals surface area contributed by atoms with Gasteiger partial charge in [-0.3, -0.25) is 9.80 Å². The zero-order valence-electron chi connectivity index (χ0n) is 27.3. The van der Waals surface area contributed by atoms with Crippen LogP contribution in [0.15, 0.2) is 48.5 Å². The van der Waals surface area contributed by atoms with Crippen LogP contribution in [0.2, 0.25) is 0 Å². The molecule has 0 radical (unpaired) electrons. The van der Waals surface area contributed by atoms with E-state index in [2.05, 4.69) is 21.9 Å². The van der Waals surface area contributed by atoms with E-state index in [1.807, 2.05) is 50.2 Å². The summed E-state index contributed by atoms with van der Waals surface area (Å²) in [6, 6.07) is 16.2. The van der Waals surface area contributed by atoms with Crippen LogP contribution in [-0.4, -0.2) is 57.5 Å². The molecule has 0 aromatic heterocycles. The molecule has 9 heteroatoms. The van der Waals surface area contributed by atoms with Gasteiger partial charge >= 0.3 is 0 Å². The average molecular weight is 659 g/mol. The maximum Gasteiger partial charge on any atom is 0.160 e. The molecule has 2 unspecified atom stereocenters. The average Bonchev–Trinajstić information content (AvgIpc) is 3.04. The lowest BCUT2D eigenvalue weighted by molar-refractivity contribution is 0.160. The SMILES string of the molecule is COc1cc2c(cc1O)CN1CCc3cc(C)c(O)cc3C1C2.COc1cc2c(cc1O)CN1CCc3cc(C)c(O)cc3C1C2.Cl. The van der Waals surface area contributed by atoms with Crippen molar-refractivity contribution in [2.24, 2.45) is 0 Å². The molecule has 4 aliphatic rings. The summed E-state index contributed by atoms with van der Waals surface area (Å²) in [4.78, 5) is 4.87. The summed E-state index contributed by atoms with van der Waals surface area (Å²) in [7, 11) is 3.15. The summed E-state index contributed by atoms with van der Waals surface area (Å²) in [5, 5.41) is 40.2. The number of benzene rings is 4. The minimum absolute atomic E-state index is 0. The third-order valence-electron chi connectivity index (χ3n) is 10.4. The molecule has 0 amide bonds. The minimum Gasteiger partial charge on any atom is -0.508 e. The Labute approximate surface area is 282 Å². The molecule has 4 aliphatic heterocycles. The Hall–Kier alpha value is -4.11. The number of aryl methyl sites for hydroxylation is 2. The molecule has 47 heavy (non-hydrogen) atoms. The Morgan fingerprint density at radius 1 is 0.532 bits per heavy atom. The zero-order valence-corrected chi connectivity index (χ0v) is 28.2. The standard InChI is InChI=1S/2C19H21NO3.ClH/c2*1-11-5-12-3-4-20-10-14-7-18(22)19(23-2)8-13(14)6-16(20)15(12)9-17(11)21;/h2*5,7-9,16,21-22H,3-4,6,10H2,1-2H3;1H. The Bertz CT molecular complexity index is 1710. The predicted octanol–water partition coefficient (Wildman–Crippen LogP) is 6.56. The van der Waals surface area contributed by atoms with Gasteiger partial charge < -0.3 is 29.9 Å². The van der Waals surface area contributed by atoms with Crippen LogP contribution in [0.25, 0.3) is 0 Å². The van der Waals surface area contributed by atoms with E-state index in [1.54, 1.807) is 14.2 Å². The summed E-state index contributed by atoms with van der Waals surface area (Å²) in [6.45, 7) is 7.57. The largest absolute Gasteiger partial charge is 0.508 e. The summed E-state index contributed by atoms with van der Waals surface area (Å²) in [5.74, 6) is 2.21. The Kier molecular flexibility index (Phi) is 8.96. The van der Waals surface area contributed by atoms with Crippen LogP contribution >= 0.6 is 12.4 Å². The second-order valence-corrected chi connectivity index (χ2v) is 13.1. The lowest BCUT2D eigenvalue weighted by atomic mass is 9.83. The van der Waals surface area contributed by atoms with Gasteiger partial charge in [-0.2, -0.15) is 0 Å². The first-order valence-corrected chi connectivity index (χ1v) is 16.0. The first kappa shape index (κ1) is 32.8. The fraction of sp³-hybridized carbons (Fsp3) is 0.368.